The zero-order chi connectivity index (χ0) is 13.4. The zero-order valence-corrected chi connectivity index (χ0v) is 11.4. The Morgan fingerprint density at radius 1 is 1.39 bits per heavy atom. The van der Waals surface area contributed by atoms with Crippen molar-refractivity contribution in [2.24, 2.45) is 5.92 Å². The van der Waals surface area contributed by atoms with Crippen molar-refractivity contribution < 1.29 is 9.53 Å². The number of ether oxygens (including phenoxy) is 1. The molecule has 6 heteroatoms. The van der Waals surface area contributed by atoms with Gasteiger partial charge in [-0.25, -0.2) is 9.97 Å². The van der Waals surface area contributed by atoms with Crippen LogP contribution in [0.1, 0.15) is 30.8 Å². The fourth-order valence-electron chi connectivity index (χ4n) is 1.18. The van der Waals surface area contributed by atoms with Crippen LogP contribution in [0, 0.1) is 5.92 Å². The summed E-state index contributed by atoms with van der Waals surface area (Å²) in [7, 11) is 0. The van der Waals surface area contributed by atoms with Crippen LogP contribution in [0.4, 0.5) is 0 Å². The maximum absolute atomic E-state index is 11.6. The number of nitrogens with zero attached hydrogens (tertiary/aromatic N) is 2. The quantitative estimate of drug-likeness (QED) is 0.770. The molecule has 0 bridgehead atoms. The Balaban J connectivity index is 2.16. The topological polar surface area (TPSA) is 64.1 Å². The van der Waals surface area contributed by atoms with Gasteiger partial charge in [-0.05, 0) is 12.3 Å². The summed E-state index contributed by atoms with van der Waals surface area (Å²) in [5, 5.41) is 2.96. The first-order chi connectivity index (χ1) is 8.59. The molecule has 100 valence electrons. The van der Waals surface area contributed by atoms with Crippen LogP contribution in [0.25, 0.3) is 0 Å². The SMILES string of the molecule is CC(C)CCOCCNC(=O)c1cnc(Cl)cn1. The summed E-state index contributed by atoms with van der Waals surface area (Å²) in [5.74, 6) is 0.357. The number of hydrogen-bond donors (Lipinski definition) is 1. The van der Waals surface area contributed by atoms with Crippen molar-refractivity contribution >= 4 is 17.5 Å². The molecule has 1 N–H and O–H groups in total. The van der Waals surface area contributed by atoms with Crippen LogP contribution in [0.5, 0.6) is 0 Å². The second kappa shape index (κ2) is 8.00. The lowest BCUT2D eigenvalue weighted by molar-refractivity contribution is 0.0901. The summed E-state index contributed by atoms with van der Waals surface area (Å²) in [6, 6.07) is 0. The number of halogens is 1. The molecule has 0 aromatic carbocycles. The molecule has 18 heavy (non-hydrogen) atoms. The molecule has 1 heterocycles. The van der Waals surface area contributed by atoms with Gasteiger partial charge in [-0.3, -0.25) is 4.79 Å². The molecule has 1 amide bonds. The fraction of sp³-hybridized carbons (Fsp3) is 0.583. The van der Waals surface area contributed by atoms with Gasteiger partial charge in [0.05, 0.1) is 19.0 Å². The average molecular weight is 272 g/mol. The Bertz CT molecular complexity index is 368. The number of carbonyl (C=O) groups excluding carboxylic acids is 1. The third kappa shape index (κ3) is 5.93. The lowest BCUT2D eigenvalue weighted by Gasteiger charge is -2.07. The van der Waals surface area contributed by atoms with Crippen molar-refractivity contribution in [3.63, 3.8) is 0 Å². The summed E-state index contributed by atoms with van der Waals surface area (Å²) in [4.78, 5) is 19.2. The molecular formula is C12H18ClN3O2. The maximum atomic E-state index is 11.6. The molecule has 1 rings (SSSR count). The van der Waals surface area contributed by atoms with E-state index in [9.17, 15) is 4.79 Å². The van der Waals surface area contributed by atoms with Crippen molar-refractivity contribution in [1.82, 2.24) is 15.3 Å². The third-order valence-corrected chi connectivity index (χ3v) is 2.42. The summed E-state index contributed by atoms with van der Waals surface area (Å²) in [6.07, 6.45) is 3.71. The lowest BCUT2D eigenvalue weighted by Crippen LogP contribution is -2.28. The Labute approximate surface area is 112 Å². The van der Waals surface area contributed by atoms with E-state index in [1.807, 2.05) is 0 Å². The minimum atomic E-state index is -0.272. The molecule has 1 aromatic rings. The van der Waals surface area contributed by atoms with E-state index in [1.165, 1.54) is 12.4 Å². The van der Waals surface area contributed by atoms with Crippen LogP contribution in [0.15, 0.2) is 12.4 Å². The monoisotopic (exact) mass is 271 g/mol. The Morgan fingerprint density at radius 3 is 2.78 bits per heavy atom. The Morgan fingerprint density at radius 2 is 2.17 bits per heavy atom. The second-order valence-corrected chi connectivity index (χ2v) is 4.66. The summed E-state index contributed by atoms with van der Waals surface area (Å²) in [6.45, 7) is 5.96. The number of rotatable bonds is 7. The van der Waals surface area contributed by atoms with Crippen LogP contribution >= 0.6 is 11.6 Å². The van der Waals surface area contributed by atoms with E-state index in [-0.39, 0.29) is 16.8 Å². The molecule has 0 aliphatic carbocycles. The van der Waals surface area contributed by atoms with Crippen molar-refractivity contribution in [2.45, 2.75) is 20.3 Å². The molecule has 0 fully saturated rings. The van der Waals surface area contributed by atoms with Gasteiger partial charge in [0.15, 0.2) is 0 Å². The minimum absolute atomic E-state index is 0.251. The molecule has 0 atom stereocenters. The standard InChI is InChI=1S/C12H18ClN3O2/c1-9(2)3-5-18-6-4-14-12(17)10-7-16-11(13)8-15-10/h7-9H,3-6H2,1-2H3,(H,14,17). The molecule has 0 saturated heterocycles. The highest BCUT2D eigenvalue weighted by atomic mass is 35.5. The van der Waals surface area contributed by atoms with Crippen molar-refractivity contribution in [1.29, 1.82) is 0 Å². The number of aromatic nitrogens is 2. The van der Waals surface area contributed by atoms with Gasteiger partial charge in [0, 0.05) is 13.2 Å². The van der Waals surface area contributed by atoms with Gasteiger partial charge in [0.25, 0.3) is 5.91 Å². The van der Waals surface area contributed by atoms with Gasteiger partial charge in [0.1, 0.15) is 10.8 Å². The maximum Gasteiger partial charge on any atom is 0.271 e. The van der Waals surface area contributed by atoms with Crippen molar-refractivity contribution in [3.8, 4) is 0 Å². The fourth-order valence-corrected chi connectivity index (χ4v) is 1.28. The molecule has 5 nitrogen and oxygen atoms in total. The minimum Gasteiger partial charge on any atom is -0.380 e. The van der Waals surface area contributed by atoms with Crippen LogP contribution in [-0.4, -0.2) is 35.6 Å². The molecule has 0 radical (unpaired) electrons. The zero-order valence-electron chi connectivity index (χ0n) is 10.6. The van der Waals surface area contributed by atoms with Crippen LogP contribution < -0.4 is 5.32 Å². The second-order valence-electron chi connectivity index (χ2n) is 4.28. The van der Waals surface area contributed by atoms with E-state index < -0.39 is 0 Å². The molecule has 0 unspecified atom stereocenters. The van der Waals surface area contributed by atoms with Crippen molar-refractivity contribution in [2.75, 3.05) is 19.8 Å². The highest BCUT2D eigenvalue weighted by molar-refractivity contribution is 6.29. The summed E-state index contributed by atoms with van der Waals surface area (Å²) < 4.78 is 5.38. The molecule has 0 saturated carbocycles. The average Bonchev–Trinajstić information content (AvgIpc) is 2.34. The van der Waals surface area contributed by atoms with Gasteiger partial charge in [-0.2, -0.15) is 0 Å². The largest absolute Gasteiger partial charge is 0.380 e. The molecule has 0 aliphatic heterocycles. The first kappa shape index (κ1) is 14.9. The van der Waals surface area contributed by atoms with E-state index in [2.05, 4.69) is 29.1 Å². The third-order valence-electron chi connectivity index (χ3n) is 2.22. The van der Waals surface area contributed by atoms with Gasteiger partial charge in [-0.15, -0.1) is 0 Å². The van der Waals surface area contributed by atoms with Crippen LogP contribution in [0.2, 0.25) is 5.15 Å². The first-order valence-electron chi connectivity index (χ1n) is 5.93. The number of nitrogens with one attached hydrogen (secondary N) is 1. The molecule has 0 aliphatic rings. The Kier molecular flexibility index (Phi) is 6.60. The predicted octanol–water partition coefficient (Wildman–Crippen LogP) is 1.92. The van der Waals surface area contributed by atoms with E-state index in [4.69, 9.17) is 16.3 Å². The van der Waals surface area contributed by atoms with Crippen molar-refractivity contribution in [3.05, 3.63) is 23.2 Å². The van der Waals surface area contributed by atoms with E-state index in [0.717, 1.165) is 6.42 Å². The summed E-state index contributed by atoms with van der Waals surface area (Å²) >= 11 is 5.58. The summed E-state index contributed by atoms with van der Waals surface area (Å²) in [5.41, 5.74) is 0.251. The molecular weight excluding hydrogens is 254 g/mol. The van der Waals surface area contributed by atoms with Gasteiger partial charge < -0.3 is 10.1 Å². The van der Waals surface area contributed by atoms with Crippen LogP contribution in [-0.2, 0) is 4.74 Å². The highest BCUT2D eigenvalue weighted by Gasteiger charge is 2.06. The predicted molar refractivity (Wildman–Crippen MR) is 69.6 cm³/mol. The van der Waals surface area contributed by atoms with Crippen LogP contribution in [0.3, 0.4) is 0 Å². The first-order valence-corrected chi connectivity index (χ1v) is 6.31. The van der Waals surface area contributed by atoms with Gasteiger partial charge in [0.2, 0.25) is 0 Å². The van der Waals surface area contributed by atoms with E-state index in [1.54, 1.807) is 0 Å². The highest BCUT2D eigenvalue weighted by Crippen LogP contribution is 2.01. The smallest absolute Gasteiger partial charge is 0.271 e. The van der Waals surface area contributed by atoms with E-state index >= 15 is 0 Å². The Hall–Kier alpha value is -1.20. The molecule has 1 aromatic heterocycles. The molecule has 0 spiro atoms. The number of hydrogen-bond acceptors (Lipinski definition) is 4. The van der Waals surface area contributed by atoms with Gasteiger partial charge >= 0.3 is 0 Å². The number of amides is 1. The lowest BCUT2D eigenvalue weighted by atomic mass is 10.1. The number of carbonyl (C=O) groups is 1. The van der Waals surface area contributed by atoms with Gasteiger partial charge in [-0.1, -0.05) is 25.4 Å². The van der Waals surface area contributed by atoms with E-state index in [0.29, 0.717) is 25.7 Å². The normalized spacial score (nSPS) is 10.7.